The molecule has 0 radical (unpaired) electrons. The van der Waals surface area contributed by atoms with Crippen molar-refractivity contribution in [3.63, 3.8) is 0 Å². The summed E-state index contributed by atoms with van der Waals surface area (Å²) in [7, 11) is 3.99. The van der Waals surface area contributed by atoms with Crippen molar-refractivity contribution in [2.24, 2.45) is 5.73 Å². The van der Waals surface area contributed by atoms with Crippen molar-refractivity contribution in [3.05, 3.63) is 41.5 Å². The molecule has 2 aromatic rings. The molecule has 1 heterocycles. The SMILES string of the molecule is CC(C)c1nc(NCCN(C)C)ncc1-c1ccc(F)c(C(N)=O)c1. The number of amides is 1. The number of nitrogens with one attached hydrogen (secondary N) is 1. The van der Waals surface area contributed by atoms with E-state index in [9.17, 15) is 9.18 Å². The fourth-order valence-corrected chi connectivity index (χ4v) is 2.42. The Labute approximate surface area is 147 Å². The lowest BCUT2D eigenvalue weighted by Crippen LogP contribution is -2.21. The largest absolute Gasteiger partial charge is 0.366 e. The van der Waals surface area contributed by atoms with Crippen LogP contribution < -0.4 is 11.1 Å². The molecule has 0 aliphatic carbocycles. The minimum Gasteiger partial charge on any atom is -0.366 e. The number of rotatable bonds is 7. The molecule has 0 bridgehead atoms. The zero-order valence-electron chi connectivity index (χ0n) is 15.0. The molecule has 3 N–H and O–H groups in total. The van der Waals surface area contributed by atoms with Crippen LogP contribution >= 0.6 is 0 Å². The fraction of sp³-hybridized carbons (Fsp3) is 0.389. The molecule has 0 aliphatic rings. The summed E-state index contributed by atoms with van der Waals surface area (Å²) in [5.74, 6) is -0.750. The van der Waals surface area contributed by atoms with Gasteiger partial charge in [0.1, 0.15) is 5.82 Å². The predicted octanol–water partition coefficient (Wildman–Crippen LogP) is 2.48. The van der Waals surface area contributed by atoms with Crippen molar-refractivity contribution in [2.45, 2.75) is 19.8 Å². The number of hydrogen-bond donors (Lipinski definition) is 2. The second-order valence-electron chi connectivity index (χ2n) is 6.44. The number of primary amides is 1. The molecule has 6 nitrogen and oxygen atoms in total. The molecule has 134 valence electrons. The summed E-state index contributed by atoms with van der Waals surface area (Å²) in [6, 6.07) is 4.29. The van der Waals surface area contributed by atoms with Crippen LogP contribution in [0.15, 0.2) is 24.4 Å². The quantitative estimate of drug-likeness (QED) is 0.805. The van der Waals surface area contributed by atoms with Gasteiger partial charge >= 0.3 is 0 Å². The number of carbonyl (C=O) groups excluding carboxylic acids is 1. The van der Waals surface area contributed by atoms with Gasteiger partial charge in [-0.3, -0.25) is 4.79 Å². The van der Waals surface area contributed by atoms with E-state index in [1.807, 2.05) is 27.9 Å². The number of aromatic nitrogens is 2. The number of anilines is 1. The molecule has 2 rings (SSSR count). The first-order valence-corrected chi connectivity index (χ1v) is 8.15. The Balaban J connectivity index is 2.38. The minimum absolute atomic E-state index is 0.134. The number of halogens is 1. The van der Waals surface area contributed by atoms with E-state index in [4.69, 9.17) is 5.73 Å². The predicted molar refractivity (Wildman–Crippen MR) is 97.1 cm³/mol. The number of nitrogens with two attached hydrogens (primary N) is 1. The second-order valence-corrected chi connectivity index (χ2v) is 6.44. The topological polar surface area (TPSA) is 84.1 Å². The van der Waals surface area contributed by atoms with Crippen LogP contribution in [0.3, 0.4) is 0 Å². The minimum atomic E-state index is -0.798. The number of hydrogen-bond acceptors (Lipinski definition) is 5. The lowest BCUT2D eigenvalue weighted by atomic mass is 9.97. The van der Waals surface area contributed by atoms with Gasteiger partial charge in [-0.2, -0.15) is 0 Å². The van der Waals surface area contributed by atoms with Crippen molar-refractivity contribution in [3.8, 4) is 11.1 Å². The Kier molecular flexibility index (Phi) is 6.03. The molecule has 0 spiro atoms. The van der Waals surface area contributed by atoms with Crippen LogP contribution in [-0.2, 0) is 0 Å². The van der Waals surface area contributed by atoms with Gasteiger partial charge in [0.2, 0.25) is 5.95 Å². The Morgan fingerprint density at radius 2 is 2.08 bits per heavy atom. The maximum Gasteiger partial charge on any atom is 0.251 e. The fourth-order valence-electron chi connectivity index (χ4n) is 2.42. The summed E-state index contributed by atoms with van der Waals surface area (Å²) in [4.78, 5) is 22.4. The molecule has 0 saturated heterocycles. The van der Waals surface area contributed by atoms with E-state index in [0.29, 0.717) is 11.5 Å². The summed E-state index contributed by atoms with van der Waals surface area (Å²) in [5, 5.41) is 3.19. The van der Waals surface area contributed by atoms with Crippen molar-refractivity contribution in [1.29, 1.82) is 0 Å². The molecule has 1 aromatic heterocycles. The van der Waals surface area contributed by atoms with Gasteiger partial charge in [-0.25, -0.2) is 14.4 Å². The molecular formula is C18H24FN5O. The Bertz CT molecular complexity index is 761. The average molecular weight is 345 g/mol. The van der Waals surface area contributed by atoms with E-state index in [0.717, 1.165) is 24.3 Å². The van der Waals surface area contributed by atoms with Gasteiger partial charge in [-0.1, -0.05) is 19.9 Å². The van der Waals surface area contributed by atoms with Crippen molar-refractivity contribution in [1.82, 2.24) is 14.9 Å². The molecule has 1 aromatic carbocycles. The maximum absolute atomic E-state index is 13.7. The van der Waals surface area contributed by atoms with Gasteiger partial charge in [0.25, 0.3) is 5.91 Å². The first-order chi connectivity index (χ1) is 11.8. The molecule has 0 saturated carbocycles. The molecule has 0 aliphatic heterocycles. The average Bonchev–Trinajstić information content (AvgIpc) is 2.54. The number of likely N-dealkylation sites (N-methyl/N-ethyl adjacent to an activating group) is 1. The van der Waals surface area contributed by atoms with E-state index in [1.165, 1.54) is 12.1 Å². The molecule has 1 amide bonds. The van der Waals surface area contributed by atoms with Crippen LogP contribution in [0.2, 0.25) is 0 Å². The van der Waals surface area contributed by atoms with Crippen LogP contribution in [0.4, 0.5) is 10.3 Å². The van der Waals surface area contributed by atoms with E-state index in [2.05, 4.69) is 20.2 Å². The summed E-state index contributed by atoms with van der Waals surface area (Å²) in [5.41, 5.74) is 7.35. The summed E-state index contributed by atoms with van der Waals surface area (Å²) >= 11 is 0. The number of benzene rings is 1. The molecule has 25 heavy (non-hydrogen) atoms. The molecule has 0 atom stereocenters. The van der Waals surface area contributed by atoms with Crippen LogP contribution in [0.25, 0.3) is 11.1 Å². The highest BCUT2D eigenvalue weighted by atomic mass is 19.1. The smallest absolute Gasteiger partial charge is 0.251 e. The van der Waals surface area contributed by atoms with Gasteiger partial charge in [0.15, 0.2) is 0 Å². The highest BCUT2D eigenvalue weighted by molar-refractivity contribution is 5.94. The van der Waals surface area contributed by atoms with Crippen molar-refractivity contribution < 1.29 is 9.18 Å². The third-order valence-corrected chi connectivity index (χ3v) is 3.75. The first kappa shape index (κ1) is 18.8. The standard InChI is InChI=1S/C18H24FN5O/c1-11(2)16-14(10-22-18(23-16)21-7-8-24(3)4)12-5-6-15(19)13(9-12)17(20)25/h5-6,9-11H,7-8H2,1-4H3,(H2,20,25)(H,21,22,23). The third kappa shape index (κ3) is 4.73. The van der Waals surface area contributed by atoms with Gasteiger partial charge in [0, 0.05) is 24.8 Å². The summed E-state index contributed by atoms with van der Waals surface area (Å²) in [6.07, 6.45) is 1.69. The molecule has 7 heteroatoms. The first-order valence-electron chi connectivity index (χ1n) is 8.15. The second kappa shape index (κ2) is 8.02. The molecule has 0 fully saturated rings. The van der Waals surface area contributed by atoms with Crippen LogP contribution in [0.1, 0.15) is 35.8 Å². The van der Waals surface area contributed by atoms with Crippen LogP contribution in [0.5, 0.6) is 0 Å². The lowest BCUT2D eigenvalue weighted by Gasteiger charge is -2.15. The lowest BCUT2D eigenvalue weighted by molar-refractivity contribution is 0.0996. The van der Waals surface area contributed by atoms with Crippen LogP contribution in [0, 0.1) is 5.82 Å². The monoisotopic (exact) mass is 345 g/mol. The zero-order chi connectivity index (χ0) is 18.6. The number of nitrogens with zero attached hydrogens (tertiary/aromatic N) is 3. The summed E-state index contributed by atoms with van der Waals surface area (Å²) < 4.78 is 13.7. The highest BCUT2D eigenvalue weighted by Gasteiger charge is 2.16. The maximum atomic E-state index is 13.7. The Morgan fingerprint density at radius 3 is 2.68 bits per heavy atom. The van der Waals surface area contributed by atoms with E-state index >= 15 is 0 Å². The van der Waals surface area contributed by atoms with Crippen molar-refractivity contribution in [2.75, 3.05) is 32.5 Å². The van der Waals surface area contributed by atoms with E-state index in [1.54, 1.807) is 12.3 Å². The van der Waals surface area contributed by atoms with E-state index < -0.39 is 11.7 Å². The number of carbonyl (C=O) groups is 1. The van der Waals surface area contributed by atoms with Gasteiger partial charge in [-0.05, 0) is 37.7 Å². The van der Waals surface area contributed by atoms with Gasteiger partial charge < -0.3 is 16.0 Å². The van der Waals surface area contributed by atoms with Gasteiger partial charge in [0.05, 0.1) is 11.3 Å². The Hall–Kier alpha value is -2.54. The van der Waals surface area contributed by atoms with E-state index in [-0.39, 0.29) is 11.5 Å². The van der Waals surface area contributed by atoms with Gasteiger partial charge in [-0.15, -0.1) is 0 Å². The summed E-state index contributed by atoms with van der Waals surface area (Å²) in [6.45, 7) is 5.64. The Morgan fingerprint density at radius 1 is 1.36 bits per heavy atom. The zero-order valence-corrected chi connectivity index (χ0v) is 15.0. The van der Waals surface area contributed by atoms with Crippen molar-refractivity contribution >= 4 is 11.9 Å². The third-order valence-electron chi connectivity index (χ3n) is 3.75. The normalized spacial score (nSPS) is 11.2. The molecular weight excluding hydrogens is 321 g/mol. The highest BCUT2D eigenvalue weighted by Crippen LogP contribution is 2.29. The van der Waals surface area contributed by atoms with Crippen LogP contribution in [-0.4, -0.2) is 48.0 Å². The molecule has 0 unspecified atom stereocenters.